The SMILES string of the molecule is CC(=O)N(C)c1ccc(NC(=O)CSc2ccc([N+](=O)[O-])cc2)cc1. The predicted octanol–water partition coefficient (Wildman–Crippen LogP) is 3.31. The zero-order valence-corrected chi connectivity index (χ0v) is 14.6. The normalized spacial score (nSPS) is 10.2. The van der Waals surface area contributed by atoms with Crippen molar-refractivity contribution in [2.45, 2.75) is 11.8 Å². The van der Waals surface area contributed by atoms with Gasteiger partial charge in [-0.25, -0.2) is 0 Å². The highest BCUT2D eigenvalue weighted by Gasteiger charge is 2.08. The second-order valence-electron chi connectivity index (χ2n) is 5.21. The van der Waals surface area contributed by atoms with E-state index in [1.165, 1.54) is 35.7 Å². The van der Waals surface area contributed by atoms with Crippen molar-refractivity contribution in [1.82, 2.24) is 0 Å². The topological polar surface area (TPSA) is 92.6 Å². The summed E-state index contributed by atoms with van der Waals surface area (Å²) in [5.74, 6) is -0.0697. The van der Waals surface area contributed by atoms with E-state index in [1.807, 2.05) is 0 Å². The molecule has 0 radical (unpaired) electrons. The Bertz CT molecular complexity index is 775. The molecule has 0 atom stereocenters. The number of nitrogens with zero attached hydrogens (tertiary/aromatic N) is 2. The van der Waals surface area contributed by atoms with Gasteiger partial charge in [0.05, 0.1) is 10.7 Å². The molecule has 2 aromatic carbocycles. The summed E-state index contributed by atoms with van der Waals surface area (Å²) in [6.45, 7) is 1.48. The Labute approximate surface area is 149 Å². The van der Waals surface area contributed by atoms with Crippen LogP contribution in [0.5, 0.6) is 0 Å². The lowest BCUT2D eigenvalue weighted by atomic mass is 10.2. The van der Waals surface area contributed by atoms with Gasteiger partial charge in [-0.3, -0.25) is 19.7 Å². The van der Waals surface area contributed by atoms with Crippen molar-refractivity contribution in [3.8, 4) is 0 Å². The maximum Gasteiger partial charge on any atom is 0.269 e. The van der Waals surface area contributed by atoms with Gasteiger partial charge in [0, 0.05) is 42.4 Å². The molecule has 7 nitrogen and oxygen atoms in total. The number of carbonyl (C=O) groups excluding carboxylic acids is 2. The smallest absolute Gasteiger partial charge is 0.269 e. The summed E-state index contributed by atoms with van der Waals surface area (Å²) in [4.78, 5) is 35.7. The summed E-state index contributed by atoms with van der Waals surface area (Å²) >= 11 is 1.29. The quantitative estimate of drug-likeness (QED) is 0.485. The molecule has 25 heavy (non-hydrogen) atoms. The Morgan fingerprint density at radius 2 is 1.72 bits per heavy atom. The largest absolute Gasteiger partial charge is 0.325 e. The monoisotopic (exact) mass is 359 g/mol. The van der Waals surface area contributed by atoms with Crippen molar-refractivity contribution < 1.29 is 14.5 Å². The third kappa shape index (κ3) is 5.32. The van der Waals surface area contributed by atoms with Crippen molar-refractivity contribution in [3.63, 3.8) is 0 Å². The van der Waals surface area contributed by atoms with Gasteiger partial charge in [0.25, 0.3) is 5.69 Å². The molecule has 2 amide bonds. The van der Waals surface area contributed by atoms with Crippen LogP contribution in [0.4, 0.5) is 17.1 Å². The standard InChI is InChI=1S/C17H17N3O4S/c1-12(21)19(2)14-5-3-13(4-6-14)18-17(22)11-25-16-9-7-15(8-10-16)20(23)24/h3-10H,11H2,1-2H3,(H,18,22). The summed E-state index contributed by atoms with van der Waals surface area (Å²) in [5.41, 5.74) is 1.39. The highest BCUT2D eigenvalue weighted by Crippen LogP contribution is 2.22. The lowest BCUT2D eigenvalue weighted by Gasteiger charge is -2.15. The van der Waals surface area contributed by atoms with E-state index in [0.29, 0.717) is 5.69 Å². The molecule has 0 aromatic heterocycles. The van der Waals surface area contributed by atoms with Gasteiger partial charge in [-0.15, -0.1) is 11.8 Å². The molecule has 1 N–H and O–H groups in total. The fraction of sp³-hybridized carbons (Fsp3) is 0.176. The van der Waals surface area contributed by atoms with E-state index < -0.39 is 4.92 Å². The van der Waals surface area contributed by atoms with Crippen LogP contribution in [0.15, 0.2) is 53.4 Å². The van der Waals surface area contributed by atoms with Gasteiger partial charge in [0.1, 0.15) is 0 Å². The molecule has 0 saturated carbocycles. The van der Waals surface area contributed by atoms with Crippen molar-refractivity contribution in [1.29, 1.82) is 0 Å². The summed E-state index contributed by atoms with van der Waals surface area (Å²) in [6, 6.07) is 13.0. The van der Waals surface area contributed by atoms with Crippen LogP contribution >= 0.6 is 11.8 Å². The van der Waals surface area contributed by atoms with Crippen LogP contribution in [0.2, 0.25) is 0 Å². The first-order chi connectivity index (χ1) is 11.9. The van der Waals surface area contributed by atoms with Crippen LogP contribution in [0.25, 0.3) is 0 Å². The molecular formula is C17H17N3O4S. The van der Waals surface area contributed by atoms with Crippen molar-refractivity contribution >= 4 is 40.6 Å². The number of nitro benzene ring substituents is 1. The summed E-state index contributed by atoms with van der Waals surface area (Å²) < 4.78 is 0. The van der Waals surface area contributed by atoms with Crippen LogP contribution in [0.1, 0.15) is 6.92 Å². The third-order valence-electron chi connectivity index (χ3n) is 3.43. The molecule has 0 aliphatic heterocycles. The van der Waals surface area contributed by atoms with Gasteiger partial charge < -0.3 is 10.2 Å². The van der Waals surface area contributed by atoms with E-state index in [9.17, 15) is 19.7 Å². The van der Waals surface area contributed by atoms with Gasteiger partial charge in [-0.2, -0.15) is 0 Å². The van der Waals surface area contributed by atoms with Crippen LogP contribution in [-0.4, -0.2) is 29.5 Å². The number of hydrogen-bond donors (Lipinski definition) is 1. The number of carbonyl (C=O) groups is 2. The molecule has 0 fully saturated rings. The molecule has 0 aliphatic rings. The second kappa shape index (κ2) is 8.29. The molecule has 0 saturated heterocycles. The van der Waals surface area contributed by atoms with Crippen molar-refractivity contribution in [2.24, 2.45) is 0 Å². The first-order valence-electron chi connectivity index (χ1n) is 7.38. The molecule has 0 aliphatic carbocycles. The number of hydrogen-bond acceptors (Lipinski definition) is 5. The van der Waals surface area contributed by atoms with Gasteiger partial charge >= 0.3 is 0 Å². The molecule has 0 spiro atoms. The number of nitrogens with one attached hydrogen (secondary N) is 1. The molecule has 2 aromatic rings. The number of amides is 2. The Kier molecular flexibility index (Phi) is 6.13. The van der Waals surface area contributed by atoms with Gasteiger partial charge in [-0.1, -0.05) is 0 Å². The molecule has 0 heterocycles. The molecule has 2 rings (SSSR count). The fourth-order valence-electron chi connectivity index (χ4n) is 1.96. The van der Waals surface area contributed by atoms with E-state index in [1.54, 1.807) is 43.4 Å². The first-order valence-corrected chi connectivity index (χ1v) is 8.37. The highest BCUT2D eigenvalue weighted by molar-refractivity contribution is 8.00. The van der Waals surface area contributed by atoms with Crippen LogP contribution in [0.3, 0.4) is 0 Å². The molecule has 0 bridgehead atoms. The first kappa shape index (κ1) is 18.5. The second-order valence-corrected chi connectivity index (χ2v) is 6.26. The Balaban J connectivity index is 1.87. The third-order valence-corrected chi connectivity index (χ3v) is 4.44. The molecule has 130 valence electrons. The van der Waals surface area contributed by atoms with E-state index in [4.69, 9.17) is 0 Å². The zero-order chi connectivity index (χ0) is 18.4. The Hall–Kier alpha value is -2.87. The van der Waals surface area contributed by atoms with Crippen molar-refractivity contribution in [2.75, 3.05) is 23.0 Å². The summed E-state index contributed by atoms with van der Waals surface area (Å²) in [7, 11) is 1.68. The van der Waals surface area contributed by atoms with Crippen LogP contribution in [0, 0.1) is 10.1 Å². The summed E-state index contributed by atoms with van der Waals surface area (Å²) in [6.07, 6.45) is 0. The molecule has 0 unspecified atom stereocenters. The van der Waals surface area contributed by atoms with E-state index in [0.717, 1.165) is 10.6 Å². The number of anilines is 2. The highest BCUT2D eigenvalue weighted by atomic mass is 32.2. The maximum atomic E-state index is 12.0. The minimum atomic E-state index is -0.464. The van der Waals surface area contributed by atoms with Gasteiger partial charge in [-0.05, 0) is 36.4 Å². The average molecular weight is 359 g/mol. The summed E-state index contributed by atoms with van der Waals surface area (Å²) in [5, 5.41) is 13.4. The minimum absolute atomic E-state index is 0.0180. The Morgan fingerprint density at radius 1 is 1.12 bits per heavy atom. The minimum Gasteiger partial charge on any atom is -0.325 e. The van der Waals surface area contributed by atoms with Gasteiger partial charge in [0.15, 0.2) is 0 Å². The number of non-ortho nitro benzene ring substituents is 1. The average Bonchev–Trinajstić information content (AvgIpc) is 2.60. The molecule has 8 heteroatoms. The van der Waals surface area contributed by atoms with E-state index >= 15 is 0 Å². The van der Waals surface area contributed by atoms with E-state index in [-0.39, 0.29) is 23.3 Å². The number of benzene rings is 2. The lowest BCUT2D eigenvalue weighted by molar-refractivity contribution is -0.384. The lowest BCUT2D eigenvalue weighted by Crippen LogP contribution is -2.22. The Morgan fingerprint density at radius 3 is 2.24 bits per heavy atom. The van der Waals surface area contributed by atoms with Crippen LogP contribution in [-0.2, 0) is 9.59 Å². The molecular weight excluding hydrogens is 342 g/mol. The van der Waals surface area contributed by atoms with E-state index in [2.05, 4.69) is 5.32 Å². The van der Waals surface area contributed by atoms with Crippen molar-refractivity contribution in [3.05, 3.63) is 58.6 Å². The number of rotatable bonds is 6. The number of thioether (sulfide) groups is 1. The van der Waals surface area contributed by atoms with Crippen LogP contribution < -0.4 is 10.2 Å². The predicted molar refractivity (Wildman–Crippen MR) is 98.0 cm³/mol. The number of nitro groups is 1. The van der Waals surface area contributed by atoms with Gasteiger partial charge in [0.2, 0.25) is 11.8 Å². The maximum absolute atomic E-state index is 12.0. The fourth-order valence-corrected chi connectivity index (χ4v) is 2.66. The zero-order valence-electron chi connectivity index (χ0n) is 13.8.